The average molecular weight is 448 g/mol. The minimum absolute atomic E-state index is 0.0194. The summed E-state index contributed by atoms with van der Waals surface area (Å²) in [4.78, 5) is 17.2. The van der Waals surface area contributed by atoms with Crippen LogP contribution in [0, 0.1) is 6.92 Å². The van der Waals surface area contributed by atoms with Crippen molar-refractivity contribution < 1.29 is 13.2 Å². The number of benzene rings is 2. The number of aromatic nitrogens is 3. The van der Waals surface area contributed by atoms with Gasteiger partial charge in [-0.25, -0.2) is 13.4 Å². The van der Waals surface area contributed by atoms with Crippen molar-refractivity contribution in [2.75, 3.05) is 16.7 Å². The molecule has 2 aromatic carbocycles. The third-order valence-corrected chi connectivity index (χ3v) is 6.60. The van der Waals surface area contributed by atoms with Crippen LogP contribution < -0.4 is 9.62 Å². The highest BCUT2D eigenvalue weighted by molar-refractivity contribution is 7.92. The molecule has 9 heteroatoms. The first kappa shape index (κ1) is 21.3. The number of aryl methyl sites for hydroxylation is 1. The molecule has 0 spiro atoms. The van der Waals surface area contributed by atoms with Crippen LogP contribution in [0.15, 0.2) is 90.0 Å². The number of hydrogen-bond donors (Lipinski definition) is 1. The molecule has 0 aliphatic rings. The zero-order chi connectivity index (χ0) is 22.7. The van der Waals surface area contributed by atoms with Crippen molar-refractivity contribution in [1.82, 2.24) is 14.8 Å². The number of nitrogens with one attached hydrogen (secondary N) is 1. The lowest BCUT2D eigenvalue weighted by Crippen LogP contribution is -2.26. The van der Waals surface area contributed by atoms with Crippen LogP contribution in [0.2, 0.25) is 0 Å². The van der Waals surface area contributed by atoms with Gasteiger partial charge >= 0.3 is 0 Å². The summed E-state index contributed by atoms with van der Waals surface area (Å²) in [6.45, 7) is 1.81. The van der Waals surface area contributed by atoms with Gasteiger partial charge in [0.15, 0.2) is 5.82 Å². The van der Waals surface area contributed by atoms with Gasteiger partial charge in [0, 0.05) is 24.9 Å². The molecular formula is C23H21N5O3S. The lowest BCUT2D eigenvalue weighted by Gasteiger charge is -2.19. The number of para-hydroxylation sites is 1. The number of nitrogens with zero attached hydrogens (tertiary/aromatic N) is 4. The second kappa shape index (κ2) is 8.64. The van der Waals surface area contributed by atoms with E-state index in [1.807, 2.05) is 19.1 Å². The maximum absolute atomic E-state index is 13.1. The van der Waals surface area contributed by atoms with Crippen molar-refractivity contribution in [3.05, 3.63) is 96.3 Å². The molecule has 0 unspecified atom stereocenters. The summed E-state index contributed by atoms with van der Waals surface area (Å²) in [5.41, 5.74) is 1.43. The van der Waals surface area contributed by atoms with Gasteiger partial charge in [-0.1, -0.05) is 30.3 Å². The van der Waals surface area contributed by atoms with E-state index in [9.17, 15) is 13.2 Å². The molecule has 4 rings (SSSR count). The van der Waals surface area contributed by atoms with E-state index in [4.69, 9.17) is 0 Å². The van der Waals surface area contributed by atoms with E-state index in [1.54, 1.807) is 60.8 Å². The number of anilines is 2. The lowest BCUT2D eigenvalue weighted by atomic mass is 10.2. The maximum atomic E-state index is 13.1. The van der Waals surface area contributed by atoms with Crippen LogP contribution in [0.3, 0.4) is 0 Å². The Kier molecular flexibility index (Phi) is 5.74. The Morgan fingerprint density at radius 1 is 0.969 bits per heavy atom. The summed E-state index contributed by atoms with van der Waals surface area (Å²) >= 11 is 0. The van der Waals surface area contributed by atoms with Gasteiger partial charge in [-0.3, -0.25) is 9.10 Å². The number of pyridine rings is 1. The predicted molar refractivity (Wildman–Crippen MR) is 123 cm³/mol. The molecule has 0 atom stereocenters. The van der Waals surface area contributed by atoms with Crippen LogP contribution in [0.25, 0.3) is 5.82 Å². The van der Waals surface area contributed by atoms with Gasteiger partial charge in [0.05, 0.1) is 16.3 Å². The van der Waals surface area contributed by atoms with Crippen LogP contribution in [-0.2, 0) is 10.0 Å². The first-order valence-electron chi connectivity index (χ1n) is 9.80. The normalized spacial score (nSPS) is 11.2. The summed E-state index contributed by atoms with van der Waals surface area (Å²) in [6.07, 6.45) is 1.63. The molecule has 0 aliphatic carbocycles. The van der Waals surface area contributed by atoms with Crippen molar-refractivity contribution in [3.63, 3.8) is 0 Å². The van der Waals surface area contributed by atoms with E-state index in [2.05, 4.69) is 15.4 Å². The Labute approximate surface area is 186 Å². The number of amides is 1. The number of hydrogen-bond acceptors (Lipinski definition) is 5. The molecule has 2 aromatic heterocycles. The fourth-order valence-electron chi connectivity index (χ4n) is 3.16. The van der Waals surface area contributed by atoms with Gasteiger partial charge in [-0.2, -0.15) is 9.78 Å². The van der Waals surface area contributed by atoms with Gasteiger partial charge in [0.2, 0.25) is 0 Å². The Balaban J connectivity index is 1.62. The molecule has 0 saturated heterocycles. The second-order valence-corrected chi connectivity index (χ2v) is 9.03. The lowest BCUT2D eigenvalue weighted by molar-refractivity contribution is 0.102. The summed E-state index contributed by atoms with van der Waals surface area (Å²) in [7, 11) is -2.36. The van der Waals surface area contributed by atoms with Crippen LogP contribution in [0.4, 0.5) is 11.5 Å². The highest BCUT2D eigenvalue weighted by atomic mass is 32.2. The minimum atomic E-state index is -3.84. The predicted octanol–water partition coefficient (Wildman–Crippen LogP) is 3.65. The summed E-state index contributed by atoms with van der Waals surface area (Å²) in [5.74, 6) is 0.527. The summed E-state index contributed by atoms with van der Waals surface area (Å²) in [6, 6.07) is 21.8. The SMILES string of the molecule is Cc1cc(NC(=O)c2cccc(S(=O)(=O)N(C)c3ccccc3)c2)n(-c2ccccn2)n1. The first-order valence-corrected chi connectivity index (χ1v) is 11.2. The molecule has 1 N–H and O–H groups in total. The molecule has 1 amide bonds. The Bertz CT molecular complexity index is 1350. The van der Waals surface area contributed by atoms with Gasteiger partial charge in [-0.15, -0.1) is 0 Å². The van der Waals surface area contributed by atoms with Gasteiger partial charge in [0.1, 0.15) is 5.82 Å². The quantitative estimate of drug-likeness (QED) is 0.487. The molecule has 4 aromatic rings. The number of carbonyl (C=O) groups is 1. The van der Waals surface area contributed by atoms with Crippen molar-refractivity contribution >= 4 is 27.4 Å². The van der Waals surface area contributed by atoms with Crippen molar-refractivity contribution in [3.8, 4) is 5.82 Å². The summed E-state index contributed by atoms with van der Waals surface area (Å²) in [5, 5.41) is 7.18. The molecule has 0 aliphatic heterocycles. The number of carbonyl (C=O) groups excluding carboxylic acids is 1. The van der Waals surface area contributed by atoms with E-state index >= 15 is 0 Å². The molecule has 0 bridgehead atoms. The van der Waals surface area contributed by atoms with Crippen molar-refractivity contribution in [2.24, 2.45) is 0 Å². The molecule has 0 radical (unpaired) electrons. The van der Waals surface area contributed by atoms with Crippen LogP contribution >= 0.6 is 0 Å². The van der Waals surface area contributed by atoms with Crippen molar-refractivity contribution in [2.45, 2.75) is 11.8 Å². The van der Waals surface area contributed by atoms with Crippen LogP contribution in [-0.4, -0.2) is 36.1 Å². The van der Waals surface area contributed by atoms with E-state index in [0.29, 0.717) is 23.0 Å². The Hall–Kier alpha value is -3.98. The third-order valence-electron chi connectivity index (χ3n) is 4.81. The third kappa shape index (κ3) is 4.23. The zero-order valence-electron chi connectivity index (χ0n) is 17.5. The fourth-order valence-corrected chi connectivity index (χ4v) is 4.41. The second-order valence-electron chi connectivity index (χ2n) is 7.06. The van der Waals surface area contributed by atoms with Crippen LogP contribution in [0.1, 0.15) is 16.1 Å². The highest BCUT2D eigenvalue weighted by Gasteiger charge is 2.23. The highest BCUT2D eigenvalue weighted by Crippen LogP contribution is 2.23. The summed E-state index contributed by atoms with van der Waals surface area (Å²) < 4.78 is 28.9. The van der Waals surface area contributed by atoms with E-state index in [-0.39, 0.29) is 10.5 Å². The Morgan fingerprint density at radius 2 is 1.72 bits per heavy atom. The van der Waals surface area contributed by atoms with Crippen LogP contribution in [0.5, 0.6) is 0 Å². The van der Waals surface area contributed by atoms with E-state index in [1.165, 1.54) is 28.2 Å². The molecule has 162 valence electrons. The number of sulfonamides is 1. The average Bonchev–Trinajstić information content (AvgIpc) is 3.19. The monoisotopic (exact) mass is 447 g/mol. The van der Waals surface area contributed by atoms with E-state index < -0.39 is 15.9 Å². The van der Waals surface area contributed by atoms with Crippen molar-refractivity contribution in [1.29, 1.82) is 0 Å². The number of rotatable bonds is 6. The molecule has 32 heavy (non-hydrogen) atoms. The molecular weight excluding hydrogens is 426 g/mol. The molecule has 0 fully saturated rings. The standard InChI is InChI=1S/C23H21N5O3S/c1-17-15-22(28(26-17)21-13-6-7-14-24-21)25-23(29)18-9-8-12-20(16-18)32(30,31)27(2)19-10-4-3-5-11-19/h3-16H,1-2H3,(H,25,29). The smallest absolute Gasteiger partial charge is 0.264 e. The largest absolute Gasteiger partial charge is 0.306 e. The van der Waals surface area contributed by atoms with Gasteiger partial charge < -0.3 is 5.32 Å². The molecule has 0 saturated carbocycles. The fraction of sp³-hybridized carbons (Fsp3) is 0.0870. The zero-order valence-corrected chi connectivity index (χ0v) is 18.3. The van der Waals surface area contributed by atoms with E-state index in [0.717, 1.165) is 0 Å². The topological polar surface area (TPSA) is 97.2 Å². The van der Waals surface area contributed by atoms with Gasteiger partial charge in [0.25, 0.3) is 15.9 Å². The first-order chi connectivity index (χ1) is 15.4. The minimum Gasteiger partial charge on any atom is -0.306 e. The molecule has 2 heterocycles. The van der Waals surface area contributed by atoms with Gasteiger partial charge in [-0.05, 0) is 49.4 Å². The molecule has 8 nitrogen and oxygen atoms in total. The maximum Gasteiger partial charge on any atom is 0.264 e. The Morgan fingerprint density at radius 3 is 2.44 bits per heavy atom.